The second kappa shape index (κ2) is 5.83. The highest BCUT2D eigenvalue weighted by atomic mass is 15.2. The fourth-order valence-electron chi connectivity index (χ4n) is 2.40. The van der Waals surface area contributed by atoms with Crippen LogP contribution >= 0.6 is 0 Å². The predicted molar refractivity (Wildman–Crippen MR) is 69.6 cm³/mol. The first-order chi connectivity index (χ1) is 7.81. The van der Waals surface area contributed by atoms with Gasteiger partial charge in [-0.25, -0.2) is 0 Å². The summed E-state index contributed by atoms with van der Waals surface area (Å²) < 4.78 is 0. The molecule has 0 aromatic carbocycles. The number of nitrogens with zero attached hydrogens (tertiary/aromatic N) is 1. The largest absolute Gasteiger partial charge is 0.314 e. The fourth-order valence-corrected chi connectivity index (χ4v) is 2.40. The van der Waals surface area contributed by atoms with Gasteiger partial charge in [0, 0.05) is 24.7 Å². The summed E-state index contributed by atoms with van der Waals surface area (Å²) in [5.74, 6) is 0. The summed E-state index contributed by atoms with van der Waals surface area (Å²) >= 11 is 0. The van der Waals surface area contributed by atoms with Gasteiger partial charge in [0.05, 0.1) is 0 Å². The Kier molecular flexibility index (Phi) is 4.42. The topological polar surface area (TPSA) is 15.3 Å². The van der Waals surface area contributed by atoms with E-state index in [2.05, 4.69) is 29.8 Å². The van der Waals surface area contributed by atoms with Crippen LogP contribution in [0, 0.1) is 0 Å². The van der Waals surface area contributed by atoms with Crippen molar-refractivity contribution in [3.63, 3.8) is 0 Å². The highest BCUT2D eigenvalue weighted by Crippen LogP contribution is 2.29. The van der Waals surface area contributed by atoms with Crippen molar-refractivity contribution in [2.45, 2.75) is 63.6 Å². The van der Waals surface area contributed by atoms with Crippen molar-refractivity contribution >= 4 is 0 Å². The number of hydrogen-bond donors (Lipinski definition) is 1. The maximum atomic E-state index is 3.87. The molecule has 2 nitrogen and oxygen atoms in total. The van der Waals surface area contributed by atoms with Crippen molar-refractivity contribution in [2.75, 3.05) is 13.1 Å². The lowest BCUT2D eigenvalue weighted by Gasteiger charge is -2.28. The zero-order valence-corrected chi connectivity index (χ0v) is 10.6. The van der Waals surface area contributed by atoms with Gasteiger partial charge in [-0.05, 0) is 52.0 Å². The van der Waals surface area contributed by atoms with Crippen molar-refractivity contribution in [3.8, 4) is 0 Å². The van der Waals surface area contributed by atoms with Gasteiger partial charge in [-0.3, -0.25) is 4.90 Å². The molecule has 0 spiro atoms. The first-order valence-corrected chi connectivity index (χ1v) is 6.91. The highest BCUT2D eigenvalue weighted by Gasteiger charge is 2.30. The van der Waals surface area contributed by atoms with E-state index in [1.807, 2.05) is 0 Å². The van der Waals surface area contributed by atoms with E-state index in [4.69, 9.17) is 0 Å². The quantitative estimate of drug-likeness (QED) is 0.476. The Hall–Kier alpha value is -0.340. The molecule has 2 heteroatoms. The Bertz CT molecular complexity index is 219. The van der Waals surface area contributed by atoms with Crippen LogP contribution in [0.2, 0.25) is 0 Å². The molecular formula is C14H26N2. The second-order valence-electron chi connectivity index (χ2n) is 5.44. The third-order valence-electron chi connectivity index (χ3n) is 3.73. The summed E-state index contributed by atoms with van der Waals surface area (Å²) in [7, 11) is 0. The van der Waals surface area contributed by atoms with Gasteiger partial charge in [0.15, 0.2) is 0 Å². The predicted octanol–water partition coefficient (Wildman–Crippen LogP) is 2.56. The van der Waals surface area contributed by atoms with E-state index in [-0.39, 0.29) is 0 Å². The lowest BCUT2D eigenvalue weighted by atomic mass is 10.1. The standard InChI is InChI=1S/C14H26N2/c1-3-11-16(14-8-9-14)12(2)5-4-10-15-13-6-7-13/h3,12-15H,1,4-11H2,2H3. The normalized spacial score (nSPS) is 22.4. The molecule has 1 N–H and O–H groups in total. The average Bonchev–Trinajstić information content (AvgIpc) is 3.14. The molecule has 0 amide bonds. The third kappa shape index (κ3) is 3.91. The third-order valence-corrected chi connectivity index (χ3v) is 3.73. The van der Waals surface area contributed by atoms with E-state index in [0.29, 0.717) is 0 Å². The Labute approximate surface area is 100 Å². The minimum atomic E-state index is 0.728. The minimum Gasteiger partial charge on any atom is -0.314 e. The second-order valence-corrected chi connectivity index (χ2v) is 5.44. The molecule has 0 heterocycles. The van der Waals surface area contributed by atoms with Crippen molar-refractivity contribution in [1.82, 2.24) is 10.2 Å². The van der Waals surface area contributed by atoms with Gasteiger partial charge in [-0.15, -0.1) is 6.58 Å². The first-order valence-electron chi connectivity index (χ1n) is 6.91. The Morgan fingerprint density at radius 3 is 2.69 bits per heavy atom. The average molecular weight is 222 g/mol. The molecule has 0 bridgehead atoms. The fraction of sp³-hybridized carbons (Fsp3) is 0.857. The zero-order chi connectivity index (χ0) is 11.4. The van der Waals surface area contributed by atoms with Crippen LogP contribution in [0.3, 0.4) is 0 Å². The molecular weight excluding hydrogens is 196 g/mol. The monoisotopic (exact) mass is 222 g/mol. The van der Waals surface area contributed by atoms with Gasteiger partial charge in [-0.2, -0.15) is 0 Å². The Balaban J connectivity index is 1.59. The van der Waals surface area contributed by atoms with Gasteiger partial charge >= 0.3 is 0 Å². The highest BCUT2D eigenvalue weighted by molar-refractivity contribution is 4.91. The van der Waals surface area contributed by atoms with E-state index >= 15 is 0 Å². The molecule has 0 saturated heterocycles. The zero-order valence-electron chi connectivity index (χ0n) is 10.6. The van der Waals surface area contributed by atoms with Crippen LogP contribution in [0.5, 0.6) is 0 Å². The molecule has 0 radical (unpaired) electrons. The minimum absolute atomic E-state index is 0.728. The van der Waals surface area contributed by atoms with E-state index in [0.717, 1.165) is 24.7 Å². The van der Waals surface area contributed by atoms with Gasteiger partial charge in [-0.1, -0.05) is 6.08 Å². The van der Waals surface area contributed by atoms with Crippen LogP contribution in [0.1, 0.15) is 45.4 Å². The SMILES string of the molecule is C=CCN(C(C)CCCNC1CC1)C1CC1. The first kappa shape index (κ1) is 12.1. The van der Waals surface area contributed by atoms with Crippen LogP contribution in [0.4, 0.5) is 0 Å². The van der Waals surface area contributed by atoms with Crippen LogP contribution in [-0.2, 0) is 0 Å². The van der Waals surface area contributed by atoms with Crippen molar-refractivity contribution in [1.29, 1.82) is 0 Å². The Morgan fingerprint density at radius 1 is 1.38 bits per heavy atom. The summed E-state index contributed by atoms with van der Waals surface area (Å²) in [6.45, 7) is 8.52. The molecule has 2 aliphatic carbocycles. The summed E-state index contributed by atoms with van der Waals surface area (Å²) in [5, 5.41) is 3.59. The number of nitrogens with one attached hydrogen (secondary N) is 1. The van der Waals surface area contributed by atoms with Crippen molar-refractivity contribution < 1.29 is 0 Å². The molecule has 0 aromatic rings. The molecule has 2 saturated carbocycles. The van der Waals surface area contributed by atoms with Crippen molar-refractivity contribution in [2.24, 2.45) is 0 Å². The molecule has 2 aliphatic rings. The van der Waals surface area contributed by atoms with Crippen LogP contribution < -0.4 is 5.32 Å². The lowest BCUT2D eigenvalue weighted by molar-refractivity contribution is 0.208. The summed E-state index contributed by atoms with van der Waals surface area (Å²) in [4.78, 5) is 2.63. The summed E-state index contributed by atoms with van der Waals surface area (Å²) in [6.07, 6.45) is 10.3. The molecule has 0 aromatic heterocycles. The van der Waals surface area contributed by atoms with E-state index in [1.165, 1.54) is 45.1 Å². The van der Waals surface area contributed by atoms with Crippen LogP contribution in [0.25, 0.3) is 0 Å². The maximum absolute atomic E-state index is 3.87. The summed E-state index contributed by atoms with van der Waals surface area (Å²) in [6, 6.07) is 2.46. The van der Waals surface area contributed by atoms with Crippen molar-refractivity contribution in [3.05, 3.63) is 12.7 Å². The van der Waals surface area contributed by atoms with Gasteiger partial charge in [0.2, 0.25) is 0 Å². The molecule has 2 rings (SSSR count). The molecule has 92 valence electrons. The van der Waals surface area contributed by atoms with E-state index in [9.17, 15) is 0 Å². The van der Waals surface area contributed by atoms with E-state index < -0.39 is 0 Å². The van der Waals surface area contributed by atoms with Crippen LogP contribution in [-0.4, -0.2) is 36.1 Å². The molecule has 1 unspecified atom stereocenters. The Morgan fingerprint density at radius 2 is 2.12 bits per heavy atom. The molecule has 0 aliphatic heterocycles. The molecule has 1 atom stereocenters. The van der Waals surface area contributed by atoms with Gasteiger partial charge < -0.3 is 5.32 Å². The summed E-state index contributed by atoms with van der Waals surface area (Å²) in [5.41, 5.74) is 0. The number of rotatable bonds is 9. The van der Waals surface area contributed by atoms with Crippen LogP contribution in [0.15, 0.2) is 12.7 Å². The van der Waals surface area contributed by atoms with E-state index in [1.54, 1.807) is 0 Å². The molecule has 16 heavy (non-hydrogen) atoms. The smallest absolute Gasteiger partial charge is 0.0166 e. The molecule has 2 fully saturated rings. The number of hydrogen-bond acceptors (Lipinski definition) is 2. The van der Waals surface area contributed by atoms with Gasteiger partial charge in [0.1, 0.15) is 0 Å². The van der Waals surface area contributed by atoms with Gasteiger partial charge in [0.25, 0.3) is 0 Å². The lowest BCUT2D eigenvalue weighted by Crippen LogP contribution is -2.35. The maximum Gasteiger partial charge on any atom is 0.0166 e.